The average molecular weight is 329 g/mol. The van der Waals surface area contributed by atoms with Crippen molar-refractivity contribution in [2.45, 2.75) is 20.3 Å². The number of carboxylic acids is 1. The van der Waals surface area contributed by atoms with Crippen LogP contribution in [0.15, 0.2) is 22.7 Å². The molecule has 0 saturated carbocycles. The van der Waals surface area contributed by atoms with E-state index >= 15 is 0 Å². The molecule has 0 aliphatic carbocycles. The van der Waals surface area contributed by atoms with E-state index in [0.29, 0.717) is 22.6 Å². The highest BCUT2D eigenvalue weighted by Crippen LogP contribution is 2.19. The second-order valence-electron chi connectivity index (χ2n) is 4.60. The third kappa shape index (κ3) is 5.74. The molecule has 0 radical (unpaired) electrons. The third-order valence-corrected chi connectivity index (χ3v) is 2.87. The molecule has 2 amide bonds. The zero-order valence-electron chi connectivity index (χ0n) is 10.9. The maximum absolute atomic E-state index is 11.6. The monoisotopic (exact) mass is 328 g/mol. The van der Waals surface area contributed by atoms with Gasteiger partial charge in [0.2, 0.25) is 0 Å². The third-order valence-electron chi connectivity index (χ3n) is 2.41. The van der Waals surface area contributed by atoms with Gasteiger partial charge in [-0.3, -0.25) is 0 Å². The Morgan fingerprint density at radius 2 is 2.00 bits per heavy atom. The molecule has 19 heavy (non-hydrogen) atoms. The number of rotatable bonds is 5. The minimum Gasteiger partial charge on any atom is -0.478 e. The highest BCUT2D eigenvalue weighted by molar-refractivity contribution is 9.10. The van der Waals surface area contributed by atoms with Crippen LogP contribution in [0.5, 0.6) is 0 Å². The largest absolute Gasteiger partial charge is 0.478 e. The van der Waals surface area contributed by atoms with Crippen LogP contribution in [0.25, 0.3) is 0 Å². The quantitative estimate of drug-likeness (QED) is 0.775. The van der Waals surface area contributed by atoms with Crippen LogP contribution in [-0.4, -0.2) is 23.7 Å². The topological polar surface area (TPSA) is 78.4 Å². The van der Waals surface area contributed by atoms with Crippen molar-refractivity contribution >= 4 is 33.6 Å². The number of anilines is 1. The highest BCUT2D eigenvalue weighted by atomic mass is 79.9. The summed E-state index contributed by atoms with van der Waals surface area (Å²) in [5.74, 6) is -0.519. The molecule has 6 heteroatoms. The van der Waals surface area contributed by atoms with Crippen LogP contribution in [0.3, 0.4) is 0 Å². The Labute approximate surface area is 120 Å². The van der Waals surface area contributed by atoms with Gasteiger partial charge in [-0.1, -0.05) is 29.8 Å². The first-order chi connectivity index (χ1) is 8.88. The van der Waals surface area contributed by atoms with Gasteiger partial charge < -0.3 is 15.7 Å². The first kappa shape index (κ1) is 15.5. The average Bonchev–Trinajstić information content (AvgIpc) is 2.27. The lowest BCUT2D eigenvalue weighted by Crippen LogP contribution is -2.30. The number of halogens is 1. The molecule has 0 aliphatic rings. The van der Waals surface area contributed by atoms with Crippen LogP contribution in [0.2, 0.25) is 0 Å². The fraction of sp³-hybridized carbons (Fsp3) is 0.385. The van der Waals surface area contributed by atoms with Gasteiger partial charge in [-0.15, -0.1) is 0 Å². The zero-order chi connectivity index (χ0) is 14.4. The predicted molar refractivity (Wildman–Crippen MR) is 77.6 cm³/mol. The maximum Gasteiger partial charge on any atom is 0.335 e. The first-order valence-electron chi connectivity index (χ1n) is 5.97. The van der Waals surface area contributed by atoms with E-state index in [1.807, 2.05) is 0 Å². The Hall–Kier alpha value is -1.56. The molecule has 0 fully saturated rings. The molecular weight excluding hydrogens is 312 g/mol. The van der Waals surface area contributed by atoms with Crippen LogP contribution in [0.4, 0.5) is 10.5 Å². The van der Waals surface area contributed by atoms with Crippen LogP contribution < -0.4 is 10.6 Å². The van der Waals surface area contributed by atoms with E-state index in [2.05, 4.69) is 40.4 Å². The molecule has 0 bridgehead atoms. The van der Waals surface area contributed by atoms with Crippen molar-refractivity contribution in [1.82, 2.24) is 5.32 Å². The summed E-state index contributed by atoms with van der Waals surface area (Å²) < 4.78 is 0.602. The summed E-state index contributed by atoms with van der Waals surface area (Å²) in [4.78, 5) is 22.5. The van der Waals surface area contributed by atoms with Crippen LogP contribution in [0, 0.1) is 5.92 Å². The van der Waals surface area contributed by atoms with Crippen molar-refractivity contribution in [2.75, 3.05) is 11.9 Å². The van der Waals surface area contributed by atoms with E-state index in [4.69, 9.17) is 5.11 Å². The first-order valence-corrected chi connectivity index (χ1v) is 6.76. The molecule has 0 unspecified atom stereocenters. The molecule has 104 valence electrons. The smallest absolute Gasteiger partial charge is 0.335 e. The van der Waals surface area contributed by atoms with E-state index in [9.17, 15) is 9.59 Å². The number of hydrogen-bond acceptors (Lipinski definition) is 2. The molecule has 0 aromatic heterocycles. The molecule has 1 aromatic carbocycles. The SMILES string of the molecule is CC(C)CCNC(=O)Nc1cc(Br)cc(C(=O)O)c1. The van der Waals surface area contributed by atoms with Gasteiger partial charge in [0.25, 0.3) is 0 Å². The number of carbonyl (C=O) groups excluding carboxylic acids is 1. The summed E-state index contributed by atoms with van der Waals surface area (Å²) in [6, 6.07) is 4.20. The van der Waals surface area contributed by atoms with Crippen LogP contribution in [-0.2, 0) is 0 Å². The Bertz CT molecular complexity index is 475. The summed E-state index contributed by atoms with van der Waals surface area (Å²) >= 11 is 3.21. The molecule has 3 N–H and O–H groups in total. The second kappa shape index (κ2) is 7.13. The van der Waals surface area contributed by atoms with E-state index in [0.717, 1.165) is 6.42 Å². The van der Waals surface area contributed by atoms with Crippen molar-refractivity contribution in [3.63, 3.8) is 0 Å². The normalized spacial score (nSPS) is 10.3. The van der Waals surface area contributed by atoms with E-state index < -0.39 is 5.97 Å². The van der Waals surface area contributed by atoms with E-state index in [-0.39, 0.29) is 11.6 Å². The molecule has 5 nitrogen and oxygen atoms in total. The minimum absolute atomic E-state index is 0.117. The molecule has 1 aromatic rings. The number of benzene rings is 1. The number of hydrogen-bond donors (Lipinski definition) is 3. The molecule has 1 rings (SSSR count). The molecule has 0 atom stereocenters. The van der Waals surface area contributed by atoms with Crippen molar-refractivity contribution in [2.24, 2.45) is 5.92 Å². The maximum atomic E-state index is 11.6. The number of carbonyl (C=O) groups is 2. The summed E-state index contributed by atoms with van der Waals surface area (Å²) in [5, 5.41) is 14.2. The Balaban J connectivity index is 2.61. The van der Waals surface area contributed by atoms with Gasteiger partial charge >= 0.3 is 12.0 Å². The van der Waals surface area contributed by atoms with Crippen molar-refractivity contribution < 1.29 is 14.7 Å². The molecule has 0 heterocycles. The lowest BCUT2D eigenvalue weighted by atomic mass is 10.1. The van der Waals surface area contributed by atoms with E-state index in [1.165, 1.54) is 12.1 Å². The van der Waals surface area contributed by atoms with Gasteiger partial charge in [0.15, 0.2) is 0 Å². The standard InChI is InChI=1S/C13H17BrN2O3/c1-8(2)3-4-15-13(19)16-11-6-9(12(17)18)5-10(14)7-11/h5-8H,3-4H2,1-2H3,(H,17,18)(H2,15,16,19). The van der Waals surface area contributed by atoms with Crippen molar-refractivity contribution in [3.8, 4) is 0 Å². The lowest BCUT2D eigenvalue weighted by molar-refractivity contribution is 0.0697. The molecule has 0 spiro atoms. The number of amides is 2. The molecule has 0 aliphatic heterocycles. The second-order valence-corrected chi connectivity index (χ2v) is 5.51. The fourth-order valence-electron chi connectivity index (χ4n) is 1.43. The summed E-state index contributed by atoms with van der Waals surface area (Å²) in [5.41, 5.74) is 0.556. The summed E-state index contributed by atoms with van der Waals surface area (Å²) in [7, 11) is 0. The molecular formula is C13H17BrN2O3. The van der Waals surface area contributed by atoms with Gasteiger partial charge in [-0.2, -0.15) is 0 Å². The lowest BCUT2D eigenvalue weighted by Gasteiger charge is -2.10. The van der Waals surface area contributed by atoms with Crippen molar-refractivity contribution in [3.05, 3.63) is 28.2 Å². The Morgan fingerprint density at radius 3 is 2.58 bits per heavy atom. The number of carboxylic acid groups (broad SMARTS) is 1. The van der Waals surface area contributed by atoms with Gasteiger partial charge in [0, 0.05) is 16.7 Å². The van der Waals surface area contributed by atoms with Crippen molar-refractivity contribution in [1.29, 1.82) is 0 Å². The minimum atomic E-state index is -1.04. The highest BCUT2D eigenvalue weighted by Gasteiger charge is 2.08. The van der Waals surface area contributed by atoms with Gasteiger partial charge in [-0.05, 0) is 30.5 Å². The number of nitrogens with one attached hydrogen (secondary N) is 2. The summed E-state index contributed by atoms with van der Waals surface area (Å²) in [6.07, 6.45) is 0.895. The summed E-state index contributed by atoms with van der Waals surface area (Å²) in [6.45, 7) is 4.74. The van der Waals surface area contributed by atoms with Gasteiger partial charge in [-0.25, -0.2) is 9.59 Å². The number of aromatic carboxylic acids is 1. The predicted octanol–water partition coefficient (Wildman–Crippen LogP) is 3.31. The fourth-order valence-corrected chi connectivity index (χ4v) is 1.93. The van der Waals surface area contributed by atoms with E-state index in [1.54, 1.807) is 6.07 Å². The van der Waals surface area contributed by atoms with Crippen LogP contribution in [0.1, 0.15) is 30.6 Å². The zero-order valence-corrected chi connectivity index (χ0v) is 12.5. The Kier molecular flexibility index (Phi) is 5.82. The number of urea groups is 1. The molecule has 0 saturated heterocycles. The van der Waals surface area contributed by atoms with Gasteiger partial charge in [0.05, 0.1) is 5.56 Å². The van der Waals surface area contributed by atoms with Crippen LogP contribution >= 0.6 is 15.9 Å². The van der Waals surface area contributed by atoms with Gasteiger partial charge in [0.1, 0.15) is 0 Å². The Morgan fingerprint density at radius 1 is 1.32 bits per heavy atom.